The fourth-order valence-corrected chi connectivity index (χ4v) is 4.21. The number of methoxy groups -OCH3 is 2. The maximum atomic E-state index is 13.0. The van der Waals surface area contributed by atoms with E-state index in [2.05, 4.69) is 9.97 Å². The van der Waals surface area contributed by atoms with Crippen LogP contribution in [0.25, 0.3) is 22.2 Å². The van der Waals surface area contributed by atoms with E-state index in [9.17, 15) is 18.0 Å². The highest BCUT2D eigenvalue weighted by molar-refractivity contribution is 5.94. The summed E-state index contributed by atoms with van der Waals surface area (Å²) in [5.41, 5.74) is 7.70. The molecule has 0 fully saturated rings. The zero-order valence-corrected chi connectivity index (χ0v) is 21.9. The first kappa shape index (κ1) is 28.8. The SMILES string of the molecule is COCCOc1cc2ncnc(-c3ccc(C(C(N)=O)c4ccc(C(F)(F)F)cc4)cc3)c2cc1OCCOC. The monoisotopic (exact) mass is 555 g/mol. The van der Waals surface area contributed by atoms with E-state index in [-0.39, 0.29) is 0 Å². The van der Waals surface area contributed by atoms with Gasteiger partial charge in [-0.15, -0.1) is 0 Å². The lowest BCUT2D eigenvalue weighted by atomic mass is 9.89. The third-order valence-corrected chi connectivity index (χ3v) is 6.16. The number of ether oxygens (including phenoxy) is 4. The standard InChI is InChI=1S/C29H28F3N3O5/c1-37-11-13-39-24-15-22-23(16-25(24)40-14-12-38-2)34-17-35-27(22)20-5-3-18(4-6-20)26(28(33)36)19-7-9-21(10-8-19)29(30,31)32/h3-10,15-17,26H,11-14H2,1-2H3,(H2,33,36). The highest BCUT2D eigenvalue weighted by Crippen LogP contribution is 2.37. The Bertz CT molecular complexity index is 1440. The van der Waals surface area contributed by atoms with Crippen LogP contribution in [0, 0.1) is 0 Å². The molecule has 0 aliphatic heterocycles. The summed E-state index contributed by atoms with van der Waals surface area (Å²) in [5.74, 6) is -0.615. The number of carbonyl (C=O) groups excluding carboxylic acids is 1. The molecule has 0 bridgehead atoms. The summed E-state index contributed by atoms with van der Waals surface area (Å²) in [4.78, 5) is 21.2. The first-order valence-corrected chi connectivity index (χ1v) is 12.3. The van der Waals surface area contributed by atoms with Crippen LogP contribution >= 0.6 is 0 Å². The molecule has 2 N–H and O–H groups in total. The average molecular weight is 556 g/mol. The van der Waals surface area contributed by atoms with Crippen molar-refractivity contribution in [3.05, 3.63) is 83.7 Å². The maximum Gasteiger partial charge on any atom is 0.416 e. The van der Waals surface area contributed by atoms with Crippen LogP contribution in [0.2, 0.25) is 0 Å². The molecule has 0 spiro atoms. The van der Waals surface area contributed by atoms with Gasteiger partial charge in [-0.3, -0.25) is 4.79 Å². The molecule has 1 unspecified atom stereocenters. The van der Waals surface area contributed by atoms with E-state index in [1.54, 1.807) is 50.6 Å². The topological polar surface area (TPSA) is 106 Å². The molecule has 4 rings (SSSR count). The number of benzene rings is 3. The molecule has 11 heteroatoms. The number of alkyl halides is 3. The molecular formula is C29H28F3N3O5. The molecule has 1 aromatic heterocycles. The van der Waals surface area contributed by atoms with Gasteiger partial charge in [0.05, 0.1) is 35.9 Å². The van der Waals surface area contributed by atoms with Crippen molar-refractivity contribution >= 4 is 16.8 Å². The van der Waals surface area contributed by atoms with Gasteiger partial charge in [-0.25, -0.2) is 9.97 Å². The van der Waals surface area contributed by atoms with Crippen molar-refractivity contribution in [3.63, 3.8) is 0 Å². The van der Waals surface area contributed by atoms with E-state index >= 15 is 0 Å². The highest BCUT2D eigenvalue weighted by Gasteiger charge is 2.31. The van der Waals surface area contributed by atoms with Crippen molar-refractivity contribution in [2.75, 3.05) is 40.6 Å². The number of rotatable bonds is 12. The summed E-state index contributed by atoms with van der Waals surface area (Å²) in [6.45, 7) is 1.41. The first-order chi connectivity index (χ1) is 19.2. The van der Waals surface area contributed by atoms with Crippen molar-refractivity contribution in [3.8, 4) is 22.8 Å². The van der Waals surface area contributed by atoms with E-state index < -0.39 is 23.6 Å². The van der Waals surface area contributed by atoms with Gasteiger partial charge in [0.15, 0.2) is 11.5 Å². The third-order valence-electron chi connectivity index (χ3n) is 6.16. The Morgan fingerprint density at radius 1 is 0.825 bits per heavy atom. The van der Waals surface area contributed by atoms with Gasteiger partial charge in [0.2, 0.25) is 5.91 Å². The van der Waals surface area contributed by atoms with E-state index in [0.717, 1.165) is 17.7 Å². The number of hydrogen-bond acceptors (Lipinski definition) is 7. The second-order valence-electron chi connectivity index (χ2n) is 8.80. The van der Waals surface area contributed by atoms with Crippen LogP contribution in [0.15, 0.2) is 67.0 Å². The number of carbonyl (C=O) groups is 1. The minimum Gasteiger partial charge on any atom is -0.487 e. The third kappa shape index (κ3) is 6.67. The van der Waals surface area contributed by atoms with Crippen molar-refractivity contribution in [2.45, 2.75) is 12.1 Å². The number of hydrogen-bond donors (Lipinski definition) is 1. The number of fused-ring (bicyclic) bond motifs is 1. The first-order valence-electron chi connectivity index (χ1n) is 12.3. The average Bonchev–Trinajstić information content (AvgIpc) is 2.93. The Hall–Kier alpha value is -4.22. The fourth-order valence-electron chi connectivity index (χ4n) is 4.21. The van der Waals surface area contributed by atoms with Crippen LogP contribution in [0.1, 0.15) is 22.6 Å². The van der Waals surface area contributed by atoms with Gasteiger partial charge < -0.3 is 24.7 Å². The fraction of sp³-hybridized carbons (Fsp3) is 0.276. The molecular weight excluding hydrogens is 527 g/mol. The predicted molar refractivity (Wildman–Crippen MR) is 142 cm³/mol. The maximum absolute atomic E-state index is 13.0. The van der Waals surface area contributed by atoms with Crippen LogP contribution < -0.4 is 15.2 Å². The molecule has 0 radical (unpaired) electrons. The number of halogens is 3. The number of aromatic nitrogens is 2. The van der Waals surface area contributed by atoms with Gasteiger partial charge >= 0.3 is 6.18 Å². The summed E-state index contributed by atoms with van der Waals surface area (Å²) in [7, 11) is 3.16. The lowest BCUT2D eigenvalue weighted by Crippen LogP contribution is -2.22. The Balaban J connectivity index is 1.68. The van der Waals surface area contributed by atoms with Crippen LogP contribution in [0.5, 0.6) is 11.5 Å². The molecule has 210 valence electrons. The minimum absolute atomic E-state index is 0.304. The molecule has 0 aliphatic carbocycles. The molecule has 40 heavy (non-hydrogen) atoms. The Morgan fingerprint density at radius 3 is 1.90 bits per heavy atom. The zero-order valence-electron chi connectivity index (χ0n) is 21.9. The van der Waals surface area contributed by atoms with Crippen LogP contribution in [-0.4, -0.2) is 56.5 Å². The molecule has 3 aromatic carbocycles. The second-order valence-corrected chi connectivity index (χ2v) is 8.80. The van der Waals surface area contributed by atoms with Crippen molar-refractivity contribution in [1.29, 1.82) is 0 Å². The number of primary amides is 1. The molecule has 1 heterocycles. The summed E-state index contributed by atoms with van der Waals surface area (Å²) in [5, 5.41) is 0.705. The lowest BCUT2D eigenvalue weighted by Gasteiger charge is -2.17. The molecule has 4 aromatic rings. The molecule has 0 aliphatic rings. The predicted octanol–water partition coefficient (Wildman–Crippen LogP) is 4.98. The van der Waals surface area contributed by atoms with Gasteiger partial charge in [0.1, 0.15) is 19.5 Å². The molecule has 1 amide bonds. The summed E-state index contributed by atoms with van der Waals surface area (Å²) >= 11 is 0. The molecule has 0 saturated carbocycles. The Kier molecular flexibility index (Phi) is 9.18. The van der Waals surface area contributed by atoms with Gasteiger partial charge in [-0.05, 0) is 29.3 Å². The highest BCUT2D eigenvalue weighted by atomic mass is 19.4. The van der Waals surface area contributed by atoms with Crippen LogP contribution in [0.3, 0.4) is 0 Å². The lowest BCUT2D eigenvalue weighted by molar-refractivity contribution is -0.137. The van der Waals surface area contributed by atoms with Crippen molar-refractivity contribution in [1.82, 2.24) is 9.97 Å². The number of nitrogens with two attached hydrogens (primary N) is 1. The number of nitrogens with zero attached hydrogens (tertiary/aromatic N) is 2. The van der Waals surface area contributed by atoms with Gasteiger partial charge in [-0.1, -0.05) is 36.4 Å². The normalized spacial score (nSPS) is 12.3. The van der Waals surface area contributed by atoms with Crippen molar-refractivity contribution < 1.29 is 36.9 Å². The van der Waals surface area contributed by atoms with E-state index in [1.165, 1.54) is 18.5 Å². The zero-order chi connectivity index (χ0) is 28.7. The van der Waals surface area contributed by atoms with Gasteiger partial charge in [-0.2, -0.15) is 13.2 Å². The van der Waals surface area contributed by atoms with E-state index in [1.807, 2.05) is 0 Å². The molecule has 1 atom stereocenters. The Morgan fingerprint density at radius 2 is 1.38 bits per heavy atom. The Labute approximate surface area is 228 Å². The smallest absolute Gasteiger partial charge is 0.416 e. The quantitative estimate of drug-likeness (QED) is 0.246. The summed E-state index contributed by atoms with van der Waals surface area (Å²) < 4.78 is 60.8. The van der Waals surface area contributed by atoms with Gasteiger partial charge in [0, 0.05) is 31.2 Å². The molecule has 8 nitrogen and oxygen atoms in total. The minimum atomic E-state index is -4.48. The van der Waals surface area contributed by atoms with E-state index in [0.29, 0.717) is 65.7 Å². The number of amides is 1. The van der Waals surface area contributed by atoms with Crippen molar-refractivity contribution in [2.24, 2.45) is 5.73 Å². The summed E-state index contributed by atoms with van der Waals surface area (Å²) in [6.07, 6.45) is -3.04. The second kappa shape index (κ2) is 12.8. The van der Waals surface area contributed by atoms with E-state index in [4.69, 9.17) is 24.7 Å². The van der Waals surface area contributed by atoms with Crippen LogP contribution in [-0.2, 0) is 20.4 Å². The van der Waals surface area contributed by atoms with Gasteiger partial charge in [0.25, 0.3) is 0 Å². The largest absolute Gasteiger partial charge is 0.487 e. The summed E-state index contributed by atoms with van der Waals surface area (Å²) in [6, 6.07) is 14.9. The molecule has 0 saturated heterocycles. The van der Waals surface area contributed by atoms with Crippen LogP contribution in [0.4, 0.5) is 13.2 Å².